The molecule has 6 heteroatoms. The minimum atomic E-state index is -3.28. The third-order valence-corrected chi connectivity index (χ3v) is 5.88. The fourth-order valence-electron chi connectivity index (χ4n) is 2.65. The van der Waals surface area contributed by atoms with E-state index in [1.165, 1.54) is 0 Å². The zero-order valence-corrected chi connectivity index (χ0v) is 13.1. The fourth-order valence-corrected chi connectivity index (χ4v) is 4.57. The Morgan fingerprint density at radius 3 is 2.95 bits per heavy atom. The zero-order chi connectivity index (χ0) is 14.6. The van der Waals surface area contributed by atoms with Gasteiger partial charge in [0.05, 0.1) is 11.9 Å². The Morgan fingerprint density at radius 1 is 1.45 bits per heavy atom. The predicted octanol–water partition coefficient (Wildman–Crippen LogP) is 2.23. The smallest absolute Gasteiger partial charge is 0.214 e. The summed E-state index contributed by atoms with van der Waals surface area (Å²) in [7, 11) is -3.28. The van der Waals surface area contributed by atoms with Crippen LogP contribution in [0.5, 0.6) is 0 Å². The van der Waals surface area contributed by atoms with Gasteiger partial charge in [-0.05, 0) is 30.5 Å². The number of hydrogen-bond acceptors (Lipinski definition) is 3. The van der Waals surface area contributed by atoms with Crippen molar-refractivity contribution in [1.82, 2.24) is 4.72 Å². The van der Waals surface area contributed by atoms with E-state index in [9.17, 15) is 8.42 Å². The van der Waals surface area contributed by atoms with Gasteiger partial charge in [0.15, 0.2) is 0 Å². The van der Waals surface area contributed by atoms with Gasteiger partial charge < -0.3 is 4.74 Å². The first-order valence-corrected chi connectivity index (χ1v) is 8.76. The quantitative estimate of drug-likeness (QED) is 0.906. The fraction of sp³-hybridized carbons (Fsp3) is 0.571. The van der Waals surface area contributed by atoms with Gasteiger partial charge in [0.2, 0.25) is 10.0 Å². The van der Waals surface area contributed by atoms with E-state index in [4.69, 9.17) is 16.3 Å². The summed E-state index contributed by atoms with van der Waals surface area (Å²) < 4.78 is 32.6. The van der Waals surface area contributed by atoms with E-state index in [1.54, 1.807) is 6.92 Å². The lowest BCUT2D eigenvalue weighted by Gasteiger charge is -2.31. The first-order chi connectivity index (χ1) is 9.53. The molecule has 0 aliphatic carbocycles. The van der Waals surface area contributed by atoms with Crippen LogP contribution >= 0.6 is 11.6 Å². The van der Waals surface area contributed by atoms with Gasteiger partial charge in [-0.15, -0.1) is 0 Å². The number of hydrogen-bond donors (Lipinski definition) is 1. The van der Waals surface area contributed by atoms with E-state index in [1.807, 2.05) is 24.3 Å². The number of ether oxygens (including phenoxy) is 1. The second kappa shape index (κ2) is 6.89. The van der Waals surface area contributed by atoms with Crippen LogP contribution in [0.1, 0.15) is 18.9 Å². The van der Waals surface area contributed by atoms with Crippen LogP contribution in [-0.4, -0.2) is 33.4 Å². The highest BCUT2D eigenvalue weighted by atomic mass is 35.5. The molecule has 0 amide bonds. The van der Waals surface area contributed by atoms with Crippen molar-refractivity contribution in [2.45, 2.75) is 25.0 Å². The molecule has 1 saturated heterocycles. The second-order valence-corrected chi connectivity index (χ2v) is 7.46. The molecule has 0 radical (unpaired) electrons. The first kappa shape index (κ1) is 15.8. The second-order valence-electron chi connectivity index (χ2n) is 5.04. The van der Waals surface area contributed by atoms with Gasteiger partial charge in [-0.25, -0.2) is 13.1 Å². The number of nitrogens with one attached hydrogen (secondary N) is 1. The van der Waals surface area contributed by atoms with Crippen molar-refractivity contribution >= 4 is 21.6 Å². The summed E-state index contributed by atoms with van der Waals surface area (Å²) in [5.41, 5.74) is 1.05. The minimum absolute atomic E-state index is 0.0359. The molecule has 2 atom stereocenters. The van der Waals surface area contributed by atoms with Gasteiger partial charge in [0, 0.05) is 24.1 Å². The Bertz CT molecular complexity index is 547. The molecule has 1 N–H and O–H groups in total. The number of sulfonamides is 1. The average Bonchev–Trinajstić information content (AvgIpc) is 2.39. The predicted molar refractivity (Wildman–Crippen MR) is 80.5 cm³/mol. The summed E-state index contributed by atoms with van der Waals surface area (Å²) in [5, 5.41) is 0.278. The van der Waals surface area contributed by atoms with E-state index in [0.717, 1.165) is 5.56 Å². The molecule has 0 bridgehead atoms. The Kier molecular flexibility index (Phi) is 5.43. The minimum Gasteiger partial charge on any atom is -0.381 e. The van der Waals surface area contributed by atoms with E-state index < -0.39 is 15.3 Å². The van der Waals surface area contributed by atoms with Crippen LogP contribution in [-0.2, 0) is 21.2 Å². The van der Waals surface area contributed by atoms with Gasteiger partial charge in [-0.3, -0.25) is 0 Å². The average molecular weight is 318 g/mol. The Hall–Kier alpha value is -0.620. The highest BCUT2D eigenvalue weighted by Gasteiger charge is 2.35. The monoisotopic (exact) mass is 317 g/mol. The van der Waals surface area contributed by atoms with Crippen LogP contribution in [0.25, 0.3) is 0 Å². The van der Waals surface area contributed by atoms with E-state index in [2.05, 4.69) is 4.72 Å². The lowest BCUT2D eigenvalue weighted by atomic mass is 9.94. The molecule has 112 valence electrons. The summed E-state index contributed by atoms with van der Waals surface area (Å²) in [5.74, 6) is -0.0359. The first-order valence-electron chi connectivity index (χ1n) is 6.83. The Balaban J connectivity index is 2.15. The molecule has 1 aliphatic heterocycles. The van der Waals surface area contributed by atoms with Crippen LogP contribution in [0, 0.1) is 5.92 Å². The topological polar surface area (TPSA) is 55.4 Å². The summed E-state index contributed by atoms with van der Waals surface area (Å²) in [4.78, 5) is 0. The summed E-state index contributed by atoms with van der Waals surface area (Å²) in [6.07, 6.45) is 1.20. The largest absolute Gasteiger partial charge is 0.381 e. The molecule has 0 aromatic heterocycles. The van der Waals surface area contributed by atoms with E-state index in [-0.39, 0.29) is 5.92 Å². The molecular weight excluding hydrogens is 298 g/mol. The van der Waals surface area contributed by atoms with E-state index >= 15 is 0 Å². The molecule has 4 nitrogen and oxygen atoms in total. The van der Waals surface area contributed by atoms with Gasteiger partial charge >= 0.3 is 0 Å². The van der Waals surface area contributed by atoms with Crippen molar-refractivity contribution in [2.24, 2.45) is 5.92 Å². The summed E-state index contributed by atoms with van der Waals surface area (Å²) in [6.45, 7) is 3.19. The molecule has 0 spiro atoms. The van der Waals surface area contributed by atoms with Crippen molar-refractivity contribution in [3.05, 3.63) is 34.9 Å². The molecular formula is C14H20ClNO3S. The molecule has 1 heterocycles. The lowest BCUT2D eigenvalue weighted by molar-refractivity contribution is 0.0570. The molecule has 0 saturated carbocycles. The zero-order valence-electron chi connectivity index (χ0n) is 11.5. The molecule has 1 aromatic carbocycles. The third-order valence-electron chi connectivity index (χ3n) is 3.54. The van der Waals surface area contributed by atoms with Crippen LogP contribution in [0.3, 0.4) is 0 Å². The number of benzene rings is 1. The maximum absolute atomic E-state index is 12.3. The van der Waals surface area contributed by atoms with Crippen molar-refractivity contribution in [3.8, 4) is 0 Å². The van der Waals surface area contributed by atoms with Crippen molar-refractivity contribution in [2.75, 3.05) is 19.8 Å². The number of rotatable bonds is 5. The van der Waals surface area contributed by atoms with Crippen molar-refractivity contribution in [1.29, 1.82) is 0 Å². The number of halogens is 1. The molecule has 2 rings (SSSR count). The van der Waals surface area contributed by atoms with E-state index in [0.29, 0.717) is 37.6 Å². The summed E-state index contributed by atoms with van der Waals surface area (Å²) in [6, 6.07) is 7.55. The third kappa shape index (κ3) is 3.95. The highest BCUT2D eigenvalue weighted by molar-refractivity contribution is 7.90. The highest BCUT2D eigenvalue weighted by Crippen LogP contribution is 2.26. The van der Waals surface area contributed by atoms with Crippen LogP contribution in [0.2, 0.25) is 5.02 Å². The molecule has 1 aliphatic rings. The van der Waals surface area contributed by atoms with Gasteiger partial charge in [-0.1, -0.05) is 30.7 Å². The van der Waals surface area contributed by atoms with Crippen LogP contribution in [0.4, 0.5) is 0 Å². The lowest BCUT2D eigenvalue weighted by Crippen LogP contribution is -2.44. The maximum atomic E-state index is 12.3. The molecule has 1 fully saturated rings. The van der Waals surface area contributed by atoms with Gasteiger partial charge in [-0.2, -0.15) is 0 Å². The Morgan fingerprint density at radius 2 is 2.25 bits per heavy atom. The van der Waals surface area contributed by atoms with Gasteiger partial charge in [0.1, 0.15) is 0 Å². The maximum Gasteiger partial charge on any atom is 0.214 e. The summed E-state index contributed by atoms with van der Waals surface area (Å²) >= 11 is 5.98. The van der Waals surface area contributed by atoms with Crippen molar-refractivity contribution < 1.29 is 13.2 Å². The molecule has 20 heavy (non-hydrogen) atoms. The Labute approximate surface area is 125 Å². The standard InChI is InChI=1S/C14H20ClNO3S/c1-2-16-20(17,18)14-6-7-19-10-12(14)8-11-4-3-5-13(15)9-11/h3-5,9,12,14,16H,2,6-8,10H2,1H3/t12-,14+/m0/s1. The normalized spacial score (nSPS) is 23.7. The SMILES string of the molecule is CCNS(=O)(=O)[C@@H]1CCOC[C@@H]1Cc1cccc(Cl)c1. The van der Waals surface area contributed by atoms with Crippen LogP contribution in [0.15, 0.2) is 24.3 Å². The molecule has 1 aromatic rings. The van der Waals surface area contributed by atoms with Crippen LogP contribution < -0.4 is 4.72 Å². The van der Waals surface area contributed by atoms with Gasteiger partial charge in [0.25, 0.3) is 0 Å². The van der Waals surface area contributed by atoms with Crippen molar-refractivity contribution in [3.63, 3.8) is 0 Å². The molecule has 0 unspecified atom stereocenters.